The fraction of sp³-hybridized carbons (Fsp3) is 1.00. The van der Waals surface area contributed by atoms with Gasteiger partial charge in [0.2, 0.25) is 0 Å². The number of alkyl halides is 1. The third-order valence-corrected chi connectivity index (χ3v) is 1.22. The molecule has 0 aromatic carbocycles. The highest BCUT2D eigenvalue weighted by atomic mass is 35.5. The van der Waals surface area contributed by atoms with Gasteiger partial charge in [0, 0.05) is 0 Å². The molecule has 0 saturated heterocycles. The van der Waals surface area contributed by atoms with Gasteiger partial charge in [-0.1, -0.05) is 25.4 Å². The second kappa shape index (κ2) is 15.6. The summed E-state index contributed by atoms with van der Waals surface area (Å²) in [6.45, 7) is 4.35. The Hall–Kier alpha value is 0.600. The normalized spacial score (nSPS) is 7.50. The maximum Gasteiger partial charge on any atom is 0.117 e. The topological polar surface area (TPSA) is 20.2 Å². The lowest BCUT2D eigenvalue weighted by molar-refractivity contribution is 0.370. The highest BCUT2D eigenvalue weighted by Crippen LogP contribution is 1.93. The first-order valence-corrected chi connectivity index (χ1v) is 4.26. The predicted molar refractivity (Wildman–Crippen MR) is 41.6 cm³/mol. The van der Waals surface area contributed by atoms with Gasteiger partial charge in [0.15, 0.2) is 0 Å². The van der Waals surface area contributed by atoms with Gasteiger partial charge in [-0.15, -0.1) is 0 Å². The van der Waals surface area contributed by atoms with Gasteiger partial charge >= 0.3 is 0 Å². The minimum atomic E-state index is -0.278. The molecule has 52 valence electrons. The SMILES string of the molecule is CCSCC.OCCl. The van der Waals surface area contributed by atoms with Crippen molar-refractivity contribution in [2.24, 2.45) is 0 Å². The van der Waals surface area contributed by atoms with Crippen LogP contribution in [0.4, 0.5) is 0 Å². The van der Waals surface area contributed by atoms with Crippen LogP contribution in [0.25, 0.3) is 0 Å². The highest BCUT2D eigenvalue weighted by Gasteiger charge is 1.67. The first-order valence-electron chi connectivity index (χ1n) is 2.58. The molecule has 0 fully saturated rings. The minimum Gasteiger partial charge on any atom is -0.381 e. The molecule has 0 saturated carbocycles. The van der Waals surface area contributed by atoms with Crippen molar-refractivity contribution in [1.82, 2.24) is 0 Å². The molecule has 1 N–H and O–H groups in total. The van der Waals surface area contributed by atoms with E-state index >= 15 is 0 Å². The molecule has 0 aliphatic heterocycles. The van der Waals surface area contributed by atoms with E-state index in [0.717, 1.165) is 0 Å². The van der Waals surface area contributed by atoms with Gasteiger partial charge in [0.05, 0.1) is 0 Å². The van der Waals surface area contributed by atoms with Crippen LogP contribution >= 0.6 is 23.4 Å². The molecule has 0 atom stereocenters. The second-order valence-electron chi connectivity index (χ2n) is 0.901. The highest BCUT2D eigenvalue weighted by molar-refractivity contribution is 7.99. The number of thioether (sulfide) groups is 1. The predicted octanol–water partition coefficient (Wildman–Crippen LogP) is 1.93. The van der Waals surface area contributed by atoms with Crippen molar-refractivity contribution >= 4 is 23.4 Å². The molecule has 0 bridgehead atoms. The van der Waals surface area contributed by atoms with Crippen molar-refractivity contribution in [2.75, 3.05) is 17.6 Å². The first kappa shape index (κ1) is 11.4. The monoisotopic (exact) mass is 156 g/mol. The quantitative estimate of drug-likeness (QED) is 0.617. The molecule has 8 heavy (non-hydrogen) atoms. The third-order valence-electron chi connectivity index (χ3n) is 0.408. The maximum atomic E-state index is 7.33. The zero-order chi connectivity index (χ0) is 6.83. The molecule has 0 spiro atoms. The summed E-state index contributed by atoms with van der Waals surface area (Å²) in [5.74, 6) is 2.52. The number of aliphatic hydroxyl groups is 1. The lowest BCUT2D eigenvalue weighted by Gasteiger charge is -1.80. The number of rotatable bonds is 2. The van der Waals surface area contributed by atoms with Crippen molar-refractivity contribution in [3.05, 3.63) is 0 Å². The molecular formula is C5H13ClOS. The van der Waals surface area contributed by atoms with E-state index in [1.165, 1.54) is 11.5 Å². The molecule has 0 aliphatic rings. The molecule has 0 unspecified atom stereocenters. The molecule has 0 rings (SSSR count). The fourth-order valence-corrected chi connectivity index (χ4v) is 0.612. The van der Waals surface area contributed by atoms with E-state index in [4.69, 9.17) is 5.11 Å². The van der Waals surface area contributed by atoms with Crippen molar-refractivity contribution in [3.8, 4) is 0 Å². The van der Waals surface area contributed by atoms with E-state index in [-0.39, 0.29) is 6.07 Å². The van der Waals surface area contributed by atoms with Gasteiger partial charge < -0.3 is 5.11 Å². The van der Waals surface area contributed by atoms with Crippen LogP contribution < -0.4 is 0 Å². The van der Waals surface area contributed by atoms with E-state index in [1.54, 1.807) is 0 Å². The van der Waals surface area contributed by atoms with Crippen molar-refractivity contribution < 1.29 is 5.11 Å². The summed E-state index contributed by atoms with van der Waals surface area (Å²) in [6, 6.07) is -0.278. The summed E-state index contributed by atoms with van der Waals surface area (Å²) < 4.78 is 0. The van der Waals surface area contributed by atoms with Gasteiger partial charge in [-0.05, 0) is 11.5 Å². The van der Waals surface area contributed by atoms with E-state index in [0.29, 0.717) is 0 Å². The Kier molecular flexibility index (Phi) is 22.3. The Morgan fingerprint density at radius 3 is 1.62 bits per heavy atom. The van der Waals surface area contributed by atoms with E-state index in [1.807, 2.05) is 11.8 Å². The Bertz CT molecular complexity index is 26.4. The van der Waals surface area contributed by atoms with Crippen LogP contribution in [-0.4, -0.2) is 22.7 Å². The molecule has 0 aliphatic carbocycles. The van der Waals surface area contributed by atoms with Crippen molar-refractivity contribution in [1.29, 1.82) is 0 Å². The van der Waals surface area contributed by atoms with Gasteiger partial charge in [-0.25, -0.2) is 0 Å². The lowest BCUT2D eigenvalue weighted by Crippen LogP contribution is -1.64. The van der Waals surface area contributed by atoms with Crippen molar-refractivity contribution in [3.63, 3.8) is 0 Å². The Morgan fingerprint density at radius 1 is 1.38 bits per heavy atom. The average Bonchev–Trinajstić information content (AvgIpc) is 1.71. The second-order valence-corrected chi connectivity index (χ2v) is 2.70. The zero-order valence-corrected chi connectivity index (χ0v) is 6.93. The van der Waals surface area contributed by atoms with E-state index in [2.05, 4.69) is 25.4 Å². The summed E-state index contributed by atoms with van der Waals surface area (Å²) >= 11 is 6.52. The van der Waals surface area contributed by atoms with Crippen LogP contribution in [-0.2, 0) is 0 Å². The Balaban J connectivity index is 0. The first-order chi connectivity index (χ1) is 3.83. The van der Waals surface area contributed by atoms with Crippen LogP contribution in [0.5, 0.6) is 0 Å². The molecule has 0 amide bonds. The molecule has 0 heterocycles. The van der Waals surface area contributed by atoms with Gasteiger partial charge in [-0.2, -0.15) is 11.8 Å². The lowest BCUT2D eigenvalue weighted by atomic mass is 11.0. The van der Waals surface area contributed by atoms with E-state index in [9.17, 15) is 0 Å². The number of halogens is 1. The van der Waals surface area contributed by atoms with Crippen LogP contribution in [0.2, 0.25) is 0 Å². The van der Waals surface area contributed by atoms with Crippen LogP contribution in [0, 0.1) is 0 Å². The smallest absolute Gasteiger partial charge is 0.117 e. The number of hydrogen-bond acceptors (Lipinski definition) is 2. The standard InChI is InChI=1S/C4H10S.CH3ClO/c1-3-5-4-2;2-1-3/h3-4H2,1-2H3;3H,1H2. The van der Waals surface area contributed by atoms with E-state index < -0.39 is 0 Å². The average molecular weight is 157 g/mol. The largest absolute Gasteiger partial charge is 0.381 e. The third kappa shape index (κ3) is 30.6. The van der Waals surface area contributed by atoms with Gasteiger partial charge in [-0.3, -0.25) is 0 Å². The molecule has 0 aromatic rings. The summed E-state index contributed by atoms with van der Waals surface area (Å²) in [5.41, 5.74) is 0. The molecule has 0 aromatic heterocycles. The maximum absolute atomic E-state index is 7.33. The molecule has 1 nitrogen and oxygen atoms in total. The number of hydrogen-bond donors (Lipinski definition) is 1. The van der Waals surface area contributed by atoms with Crippen molar-refractivity contribution in [2.45, 2.75) is 13.8 Å². The molecular weight excluding hydrogens is 144 g/mol. The summed E-state index contributed by atoms with van der Waals surface area (Å²) in [7, 11) is 0. The molecule has 3 heteroatoms. The minimum absolute atomic E-state index is 0.278. The Labute approximate surface area is 60.4 Å². The van der Waals surface area contributed by atoms with Crippen LogP contribution in [0.1, 0.15) is 13.8 Å². The Morgan fingerprint density at radius 2 is 1.62 bits per heavy atom. The summed E-state index contributed by atoms with van der Waals surface area (Å²) in [4.78, 5) is 0. The van der Waals surface area contributed by atoms with Gasteiger partial charge in [0.25, 0.3) is 0 Å². The zero-order valence-electron chi connectivity index (χ0n) is 5.35. The molecule has 0 radical (unpaired) electrons. The summed E-state index contributed by atoms with van der Waals surface area (Å²) in [5, 5.41) is 7.33. The fourth-order valence-electron chi connectivity index (χ4n) is 0.204. The van der Waals surface area contributed by atoms with Gasteiger partial charge in [0.1, 0.15) is 6.07 Å². The number of aliphatic hydroxyl groups excluding tert-OH is 1. The summed E-state index contributed by atoms with van der Waals surface area (Å²) in [6.07, 6.45) is 0. The van der Waals surface area contributed by atoms with Crippen LogP contribution in [0.3, 0.4) is 0 Å². The van der Waals surface area contributed by atoms with Crippen LogP contribution in [0.15, 0.2) is 0 Å².